The first-order chi connectivity index (χ1) is 13.1. The zero-order valence-corrected chi connectivity index (χ0v) is 15.2. The molecule has 9 heteroatoms. The van der Waals surface area contributed by atoms with Gasteiger partial charge >= 0.3 is 0 Å². The highest BCUT2D eigenvalue weighted by atomic mass is 16.5. The zero-order valence-electron chi connectivity index (χ0n) is 15.2. The molecule has 1 fully saturated rings. The number of hydrogen-bond acceptors (Lipinski definition) is 6. The molecule has 0 radical (unpaired) electrons. The van der Waals surface area contributed by atoms with Crippen LogP contribution >= 0.6 is 0 Å². The van der Waals surface area contributed by atoms with E-state index in [0.717, 1.165) is 11.5 Å². The van der Waals surface area contributed by atoms with Crippen LogP contribution in [-0.2, 0) is 22.5 Å². The van der Waals surface area contributed by atoms with Crippen LogP contribution in [0.2, 0.25) is 0 Å². The van der Waals surface area contributed by atoms with E-state index in [0.29, 0.717) is 45.1 Å². The number of amides is 2. The van der Waals surface area contributed by atoms with Gasteiger partial charge in [0.2, 0.25) is 5.91 Å². The van der Waals surface area contributed by atoms with Crippen molar-refractivity contribution >= 4 is 11.8 Å². The van der Waals surface area contributed by atoms with Crippen molar-refractivity contribution in [3.8, 4) is 0 Å². The van der Waals surface area contributed by atoms with Crippen LogP contribution in [0.4, 0.5) is 0 Å². The highest BCUT2D eigenvalue weighted by Gasteiger charge is 2.31. The number of morpholine rings is 1. The van der Waals surface area contributed by atoms with Crippen molar-refractivity contribution in [3.63, 3.8) is 0 Å². The van der Waals surface area contributed by atoms with Crippen molar-refractivity contribution in [2.24, 2.45) is 0 Å². The highest BCUT2D eigenvalue weighted by molar-refractivity contribution is 5.92. The van der Waals surface area contributed by atoms with E-state index in [4.69, 9.17) is 4.74 Å². The molecule has 0 unspecified atom stereocenters. The largest absolute Gasteiger partial charge is 0.378 e. The van der Waals surface area contributed by atoms with E-state index in [1.165, 1.54) is 12.4 Å². The maximum absolute atomic E-state index is 12.7. The van der Waals surface area contributed by atoms with Gasteiger partial charge in [-0.15, -0.1) is 0 Å². The number of rotatable bonds is 3. The molecule has 27 heavy (non-hydrogen) atoms. The number of carbonyl (C=O) groups is 2. The minimum absolute atomic E-state index is 0.0638. The molecule has 2 aliphatic rings. The molecule has 1 atom stereocenters. The van der Waals surface area contributed by atoms with Gasteiger partial charge in [-0.25, -0.2) is 9.97 Å². The number of fused-ring (bicyclic) bond motifs is 1. The molecule has 1 saturated heterocycles. The van der Waals surface area contributed by atoms with Gasteiger partial charge in [0.15, 0.2) is 0 Å². The average molecular weight is 370 g/mol. The summed E-state index contributed by atoms with van der Waals surface area (Å²) in [6.07, 6.45) is 6.72. The number of aromatic nitrogens is 4. The van der Waals surface area contributed by atoms with Crippen LogP contribution < -0.4 is 0 Å². The lowest BCUT2D eigenvalue weighted by atomic mass is 10.2. The maximum atomic E-state index is 12.7. The van der Waals surface area contributed by atoms with E-state index in [9.17, 15) is 9.59 Å². The molecule has 9 nitrogen and oxygen atoms in total. The van der Waals surface area contributed by atoms with Gasteiger partial charge in [-0.05, 0) is 6.92 Å². The van der Waals surface area contributed by atoms with Gasteiger partial charge in [0.05, 0.1) is 37.6 Å². The van der Waals surface area contributed by atoms with E-state index in [1.807, 2.05) is 22.6 Å². The van der Waals surface area contributed by atoms with Gasteiger partial charge in [-0.2, -0.15) is 0 Å². The topological polar surface area (TPSA) is 93.5 Å². The minimum atomic E-state index is -0.194. The standard InChI is InChI=1S/C18H22N6O3/c1-13-17-21-14(10-16(25)22-6-8-27-9-7-22)12-23(17)4-5-24(13)18(26)15-11-19-2-3-20-15/h2-3,11-13H,4-10H2,1H3/t13-/m0/s1. The molecule has 2 aromatic heterocycles. The number of imidazole rings is 1. The molecule has 4 rings (SSSR count). The number of carbonyl (C=O) groups excluding carboxylic acids is 2. The predicted octanol–water partition coefficient (Wildman–Crippen LogP) is 0.291. The summed E-state index contributed by atoms with van der Waals surface area (Å²) in [6.45, 7) is 5.58. The van der Waals surface area contributed by atoms with E-state index in [1.54, 1.807) is 11.1 Å². The van der Waals surface area contributed by atoms with Gasteiger partial charge in [-0.3, -0.25) is 14.6 Å². The lowest BCUT2D eigenvalue weighted by Gasteiger charge is -2.33. The monoisotopic (exact) mass is 370 g/mol. The molecule has 0 aliphatic carbocycles. The molecule has 2 aromatic rings. The fourth-order valence-electron chi connectivity index (χ4n) is 3.55. The summed E-state index contributed by atoms with van der Waals surface area (Å²) in [7, 11) is 0. The van der Waals surface area contributed by atoms with Gasteiger partial charge in [0.1, 0.15) is 11.5 Å². The Balaban J connectivity index is 1.47. The molecule has 0 saturated carbocycles. The zero-order chi connectivity index (χ0) is 18.8. The van der Waals surface area contributed by atoms with Crippen LogP contribution in [0.3, 0.4) is 0 Å². The van der Waals surface area contributed by atoms with Crippen molar-refractivity contribution < 1.29 is 14.3 Å². The molecule has 2 amide bonds. The van der Waals surface area contributed by atoms with Gasteiger partial charge in [0, 0.05) is 44.8 Å². The summed E-state index contributed by atoms with van der Waals surface area (Å²) in [5, 5.41) is 0. The van der Waals surface area contributed by atoms with E-state index < -0.39 is 0 Å². The summed E-state index contributed by atoms with van der Waals surface area (Å²) in [6, 6.07) is -0.194. The van der Waals surface area contributed by atoms with Crippen molar-refractivity contribution in [3.05, 3.63) is 42.0 Å². The van der Waals surface area contributed by atoms with E-state index in [-0.39, 0.29) is 24.3 Å². The van der Waals surface area contributed by atoms with Gasteiger partial charge in [0.25, 0.3) is 5.91 Å². The van der Waals surface area contributed by atoms with Crippen molar-refractivity contribution in [2.45, 2.75) is 25.9 Å². The Morgan fingerprint density at radius 2 is 2.00 bits per heavy atom. The number of nitrogens with zero attached hydrogens (tertiary/aromatic N) is 6. The van der Waals surface area contributed by atoms with Crippen molar-refractivity contribution in [2.75, 3.05) is 32.8 Å². The van der Waals surface area contributed by atoms with E-state index >= 15 is 0 Å². The van der Waals surface area contributed by atoms with Crippen LogP contribution in [-0.4, -0.2) is 74.0 Å². The van der Waals surface area contributed by atoms with Crippen LogP contribution in [0.15, 0.2) is 24.8 Å². The Morgan fingerprint density at radius 1 is 1.19 bits per heavy atom. The first-order valence-corrected chi connectivity index (χ1v) is 9.12. The Kier molecular flexibility index (Phi) is 4.85. The van der Waals surface area contributed by atoms with Crippen molar-refractivity contribution in [1.82, 2.24) is 29.3 Å². The lowest BCUT2D eigenvalue weighted by Crippen LogP contribution is -2.41. The molecule has 142 valence electrons. The minimum Gasteiger partial charge on any atom is -0.378 e. The first kappa shape index (κ1) is 17.6. The first-order valence-electron chi connectivity index (χ1n) is 9.12. The smallest absolute Gasteiger partial charge is 0.274 e. The molecule has 0 spiro atoms. The molecular weight excluding hydrogens is 348 g/mol. The summed E-state index contributed by atoms with van der Waals surface area (Å²) in [5.74, 6) is 0.702. The molecule has 2 aliphatic heterocycles. The van der Waals surface area contributed by atoms with Crippen molar-refractivity contribution in [1.29, 1.82) is 0 Å². The average Bonchev–Trinajstić information content (AvgIpc) is 3.12. The van der Waals surface area contributed by atoms with Crippen LogP contribution in [0.5, 0.6) is 0 Å². The SMILES string of the molecule is C[C@H]1c2nc(CC(=O)N3CCOCC3)cn2CCN1C(=O)c1cnccn1. The van der Waals surface area contributed by atoms with Gasteiger partial charge < -0.3 is 19.1 Å². The molecule has 0 bridgehead atoms. The lowest BCUT2D eigenvalue weighted by molar-refractivity contribution is -0.134. The second-order valence-electron chi connectivity index (χ2n) is 6.72. The van der Waals surface area contributed by atoms with Crippen LogP contribution in [0.1, 0.15) is 35.0 Å². The number of hydrogen-bond donors (Lipinski definition) is 0. The normalized spacial score (nSPS) is 19.7. The summed E-state index contributed by atoms with van der Waals surface area (Å²) in [5.41, 5.74) is 1.06. The third-order valence-electron chi connectivity index (χ3n) is 5.02. The van der Waals surface area contributed by atoms with E-state index in [2.05, 4.69) is 15.0 Å². The third-order valence-corrected chi connectivity index (χ3v) is 5.02. The summed E-state index contributed by atoms with van der Waals surface area (Å²) >= 11 is 0. The molecule has 0 N–H and O–H groups in total. The fraction of sp³-hybridized carbons (Fsp3) is 0.500. The van der Waals surface area contributed by atoms with Crippen LogP contribution in [0, 0.1) is 0 Å². The maximum Gasteiger partial charge on any atom is 0.274 e. The Morgan fingerprint density at radius 3 is 2.74 bits per heavy atom. The quantitative estimate of drug-likeness (QED) is 0.771. The summed E-state index contributed by atoms with van der Waals surface area (Å²) in [4.78, 5) is 41.5. The van der Waals surface area contributed by atoms with Crippen LogP contribution in [0.25, 0.3) is 0 Å². The Labute approximate surface area is 157 Å². The third kappa shape index (κ3) is 3.55. The van der Waals surface area contributed by atoms with Gasteiger partial charge in [-0.1, -0.05) is 0 Å². The second-order valence-corrected chi connectivity index (χ2v) is 6.72. The summed E-state index contributed by atoms with van der Waals surface area (Å²) < 4.78 is 7.33. The molecule has 4 heterocycles. The highest BCUT2D eigenvalue weighted by Crippen LogP contribution is 2.26. The second kappa shape index (κ2) is 7.43. The Bertz CT molecular complexity index is 831. The molecule has 0 aromatic carbocycles. The predicted molar refractivity (Wildman–Crippen MR) is 94.8 cm³/mol. The Hall–Kier alpha value is -2.81. The number of ether oxygens (including phenoxy) is 1. The molecular formula is C18H22N6O3. The fourth-order valence-corrected chi connectivity index (χ4v) is 3.55.